The highest BCUT2D eigenvalue weighted by atomic mass is 32.1. The molecule has 104 heavy (non-hydrogen) atoms. The number of nitrogens with zero attached hydrogens (tertiary/aromatic N) is 4. The lowest BCUT2D eigenvalue weighted by Crippen LogP contribution is -2.11. The van der Waals surface area contributed by atoms with Crippen molar-refractivity contribution in [1.29, 1.82) is 0 Å². The lowest BCUT2D eigenvalue weighted by molar-refractivity contribution is 0.668. The lowest BCUT2D eigenvalue weighted by atomic mass is 10.0. The maximum atomic E-state index is 6.63. The predicted octanol–water partition coefficient (Wildman–Crippen LogP) is 28.7. The fourth-order valence-corrected chi connectivity index (χ4v) is 15.9. The quantitative estimate of drug-likeness (QED) is 0.108. The molecular weight excluding hydrogens is 1290 g/mol. The number of furan rings is 3. The Morgan fingerprint density at radius 3 is 0.952 bits per heavy atom. The van der Waals surface area contributed by atoms with Crippen molar-refractivity contribution in [3.8, 4) is 22.3 Å². The molecule has 0 N–H and O–H groups in total. The third-order valence-electron chi connectivity index (χ3n) is 19.7. The highest BCUT2D eigenvalue weighted by Gasteiger charge is 2.26. The molecule has 0 bridgehead atoms. The van der Waals surface area contributed by atoms with Gasteiger partial charge in [-0.05, 0) is 198 Å². The molecule has 0 radical (unpaired) electrons. The van der Waals surface area contributed by atoms with E-state index >= 15 is 0 Å². The molecular formula is C96H64N4O3S. The van der Waals surface area contributed by atoms with Crippen LogP contribution in [-0.4, -0.2) is 0 Å². The van der Waals surface area contributed by atoms with Crippen LogP contribution >= 0.6 is 11.3 Å². The lowest BCUT2D eigenvalue weighted by Gasteiger charge is -2.27. The van der Waals surface area contributed by atoms with Crippen molar-refractivity contribution in [3.05, 3.63) is 388 Å². The summed E-state index contributed by atoms with van der Waals surface area (Å²) in [5.41, 5.74) is 22.7. The Balaban J connectivity index is 0.000000143. The van der Waals surface area contributed by atoms with Crippen molar-refractivity contribution in [3.63, 3.8) is 0 Å². The van der Waals surface area contributed by atoms with Gasteiger partial charge >= 0.3 is 0 Å². The van der Waals surface area contributed by atoms with Crippen molar-refractivity contribution in [2.75, 3.05) is 19.6 Å². The fourth-order valence-electron chi connectivity index (χ4n) is 14.9. The highest BCUT2D eigenvalue weighted by molar-refractivity contribution is 7.25. The number of hydrogen-bond acceptors (Lipinski definition) is 8. The summed E-state index contributed by atoms with van der Waals surface area (Å²) in [5, 5.41) is 8.81. The van der Waals surface area contributed by atoms with Gasteiger partial charge in [-0.3, -0.25) is 0 Å². The molecule has 4 aromatic heterocycles. The van der Waals surface area contributed by atoms with Gasteiger partial charge in [-0.1, -0.05) is 206 Å². The monoisotopic (exact) mass is 1350 g/mol. The van der Waals surface area contributed by atoms with E-state index in [4.69, 9.17) is 13.3 Å². The fraction of sp³-hybridized carbons (Fsp3) is 0. The van der Waals surface area contributed by atoms with E-state index in [1.807, 2.05) is 53.8 Å². The van der Waals surface area contributed by atoms with Crippen LogP contribution in [0, 0.1) is 0 Å². The summed E-state index contributed by atoms with van der Waals surface area (Å²) in [5.74, 6) is 0. The van der Waals surface area contributed by atoms with Crippen LogP contribution in [0.1, 0.15) is 0 Å². The smallest absolute Gasteiger partial charge is 0.137 e. The normalized spacial score (nSPS) is 11.5. The molecule has 0 fully saturated rings. The molecule has 0 atom stereocenters. The second-order valence-corrected chi connectivity index (χ2v) is 27.0. The molecule has 20 rings (SSSR count). The van der Waals surface area contributed by atoms with Gasteiger partial charge in [0.05, 0.1) is 22.1 Å². The minimum Gasteiger partial charge on any atom is -0.456 e. The Morgan fingerprint density at radius 1 is 0.173 bits per heavy atom. The van der Waals surface area contributed by atoms with E-state index in [1.54, 1.807) is 0 Å². The number of para-hydroxylation sites is 6. The second kappa shape index (κ2) is 26.5. The van der Waals surface area contributed by atoms with Gasteiger partial charge in [-0.15, -0.1) is 11.3 Å². The minimum atomic E-state index is 0.805. The van der Waals surface area contributed by atoms with Gasteiger partial charge in [0, 0.05) is 105 Å². The number of hydrogen-bond donors (Lipinski definition) is 0. The molecule has 492 valence electrons. The average molecular weight is 1350 g/mol. The molecule has 0 aliphatic rings. The minimum absolute atomic E-state index is 0.805. The average Bonchev–Trinajstić information content (AvgIpc) is 1.55. The van der Waals surface area contributed by atoms with Crippen LogP contribution < -0.4 is 19.6 Å². The molecule has 0 aliphatic carbocycles. The number of anilines is 12. The van der Waals surface area contributed by atoms with E-state index in [9.17, 15) is 0 Å². The van der Waals surface area contributed by atoms with Crippen LogP contribution in [0.15, 0.2) is 401 Å². The summed E-state index contributed by atoms with van der Waals surface area (Å²) in [6, 6.07) is 137. The molecule has 4 heterocycles. The summed E-state index contributed by atoms with van der Waals surface area (Å²) in [6.07, 6.45) is 0. The van der Waals surface area contributed by atoms with Crippen molar-refractivity contribution in [2.24, 2.45) is 0 Å². The van der Waals surface area contributed by atoms with E-state index in [-0.39, 0.29) is 0 Å². The molecule has 8 heteroatoms. The van der Waals surface area contributed by atoms with E-state index in [1.165, 1.54) is 42.4 Å². The molecule has 0 saturated heterocycles. The van der Waals surface area contributed by atoms with Gasteiger partial charge in [0.1, 0.15) is 33.5 Å². The number of benzene rings is 16. The standard InChI is InChI=1S/C48H30N2O3.C48H34N2S/c1-3-13-31(14-4-1)49(32-15-5-2-6-16-32)33-26-28-43-38(29-33)48-40(20-12-24-45(48)52-43)50(34-25-27-36-35-17-7-9-21-41(35)53-46(36)30-34)39-19-11-23-44-47(39)37-18-8-10-22-42(37)51-44;1-5-13-35(14-6-1)37-21-25-41(26-22-37)49(39-17-9-3-10-18-39)43-29-31-47-45(33-43)46-34-44(30-32-48(46)51-47)50(40-19-11-4-12-20-40)42-27-23-38(24-28-42)36-15-7-2-8-16-36/h1-30H;1-34H. The Morgan fingerprint density at radius 2 is 0.481 bits per heavy atom. The van der Waals surface area contributed by atoms with Crippen molar-refractivity contribution < 1.29 is 13.3 Å². The first-order valence-electron chi connectivity index (χ1n) is 35.0. The highest BCUT2D eigenvalue weighted by Crippen LogP contribution is 2.50. The SMILES string of the molecule is c1ccc(-c2ccc(N(c3ccccc3)c3ccc4sc5ccc(N(c6ccccc6)c6ccc(-c7ccccc7)cc6)cc5c4c3)cc2)cc1.c1ccc(N(c2ccccc2)c2ccc3oc4cccc(N(c5ccc6c(c5)oc5ccccc56)c5cccc6oc7ccccc7c56)c4c3c2)cc1. The summed E-state index contributed by atoms with van der Waals surface area (Å²) in [4.78, 5) is 9.32. The van der Waals surface area contributed by atoms with Crippen LogP contribution in [0.4, 0.5) is 68.2 Å². The maximum Gasteiger partial charge on any atom is 0.137 e. The van der Waals surface area contributed by atoms with Crippen LogP contribution in [0.3, 0.4) is 0 Å². The first-order valence-corrected chi connectivity index (χ1v) is 35.8. The molecule has 0 amide bonds. The van der Waals surface area contributed by atoms with Crippen molar-refractivity contribution in [1.82, 2.24) is 0 Å². The van der Waals surface area contributed by atoms with Crippen LogP contribution in [0.2, 0.25) is 0 Å². The van der Waals surface area contributed by atoms with Gasteiger partial charge in [0.25, 0.3) is 0 Å². The van der Waals surface area contributed by atoms with Crippen molar-refractivity contribution >= 4 is 166 Å². The molecule has 7 nitrogen and oxygen atoms in total. The van der Waals surface area contributed by atoms with E-state index in [2.05, 4.69) is 365 Å². The van der Waals surface area contributed by atoms with E-state index < -0.39 is 0 Å². The molecule has 0 aliphatic heterocycles. The second-order valence-electron chi connectivity index (χ2n) is 25.9. The zero-order valence-electron chi connectivity index (χ0n) is 56.4. The number of thiophene rings is 1. The predicted molar refractivity (Wildman–Crippen MR) is 437 cm³/mol. The first-order chi connectivity index (χ1) is 51.6. The van der Waals surface area contributed by atoms with Gasteiger partial charge in [-0.2, -0.15) is 0 Å². The summed E-state index contributed by atoms with van der Waals surface area (Å²) in [7, 11) is 0. The number of rotatable bonds is 14. The van der Waals surface area contributed by atoms with Crippen LogP contribution in [0.25, 0.3) is 108 Å². The van der Waals surface area contributed by atoms with E-state index in [0.717, 1.165) is 134 Å². The zero-order chi connectivity index (χ0) is 68.9. The zero-order valence-corrected chi connectivity index (χ0v) is 57.2. The molecule has 0 spiro atoms. The third-order valence-corrected chi connectivity index (χ3v) is 20.8. The molecule has 20 aromatic rings. The topological polar surface area (TPSA) is 52.4 Å². The Labute approximate surface area is 605 Å². The van der Waals surface area contributed by atoms with E-state index in [0.29, 0.717) is 0 Å². The van der Waals surface area contributed by atoms with Crippen LogP contribution in [-0.2, 0) is 0 Å². The van der Waals surface area contributed by atoms with Gasteiger partial charge in [0.15, 0.2) is 0 Å². The Bertz CT molecular complexity index is 6260. The Hall–Kier alpha value is -13.7. The van der Waals surface area contributed by atoms with Gasteiger partial charge < -0.3 is 32.9 Å². The Kier molecular flexibility index (Phi) is 15.6. The summed E-state index contributed by atoms with van der Waals surface area (Å²) in [6.45, 7) is 0. The van der Waals surface area contributed by atoms with Crippen LogP contribution in [0.5, 0.6) is 0 Å². The summed E-state index contributed by atoms with van der Waals surface area (Å²) >= 11 is 1.85. The van der Waals surface area contributed by atoms with Gasteiger partial charge in [0.2, 0.25) is 0 Å². The van der Waals surface area contributed by atoms with Gasteiger partial charge in [-0.25, -0.2) is 0 Å². The number of fused-ring (bicyclic) bond motifs is 12. The molecule has 0 unspecified atom stereocenters. The maximum absolute atomic E-state index is 6.63. The van der Waals surface area contributed by atoms with Crippen molar-refractivity contribution in [2.45, 2.75) is 0 Å². The summed E-state index contributed by atoms with van der Waals surface area (Å²) < 4.78 is 22.1. The molecule has 16 aromatic carbocycles. The third kappa shape index (κ3) is 11.3. The molecule has 0 saturated carbocycles. The largest absolute Gasteiger partial charge is 0.456 e. The first kappa shape index (κ1) is 61.4.